The summed E-state index contributed by atoms with van der Waals surface area (Å²) < 4.78 is 18.0. The van der Waals surface area contributed by atoms with E-state index in [0.29, 0.717) is 24.2 Å². The zero-order valence-corrected chi connectivity index (χ0v) is 8.74. The fourth-order valence-electron chi connectivity index (χ4n) is 1.40. The van der Waals surface area contributed by atoms with Gasteiger partial charge < -0.3 is 9.84 Å². The van der Waals surface area contributed by atoms with Gasteiger partial charge in [0, 0.05) is 5.56 Å². The van der Waals surface area contributed by atoms with Crippen molar-refractivity contribution in [1.29, 1.82) is 0 Å². The van der Waals surface area contributed by atoms with Crippen molar-refractivity contribution < 1.29 is 14.2 Å². The summed E-state index contributed by atoms with van der Waals surface area (Å²) in [5.41, 5.74) is 0.486. The van der Waals surface area contributed by atoms with Crippen LogP contribution in [-0.2, 0) is 0 Å². The van der Waals surface area contributed by atoms with Gasteiger partial charge in [-0.3, -0.25) is 0 Å². The molecule has 0 saturated carbocycles. The molecule has 1 N–H and O–H groups in total. The van der Waals surface area contributed by atoms with Crippen LogP contribution in [0.4, 0.5) is 4.39 Å². The highest BCUT2D eigenvalue weighted by molar-refractivity contribution is 5.35. The van der Waals surface area contributed by atoms with Crippen LogP contribution in [-0.4, -0.2) is 12.2 Å². The van der Waals surface area contributed by atoms with E-state index in [4.69, 9.17) is 4.74 Å². The van der Waals surface area contributed by atoms with Gasteiger partial charge in [0.1, 0.15) is 11.6 Å². The molecule has 0 spiro atoms. The first-order valence-electron chi connectivity index (χ1n) is 4.81. The highest BCUT2D eigenvalue weighted by Gasteiger charge is 2.13. The lowest BCUT2D eigenvalue weighted by Gasteiger charge is -2.13. The van der Waals surface area contributed by atoms with Crippen LogP contribution < -0.4 is 4.74 Å². The van der Waals surface area contributed by atoms with Crippen LogP contribution in [0.2, 0.25) is 0 Å². The van der Waals surface area contributed by atoms with E-state index in [1.54, 1.807) is 6.08 Å². The zero-order valence-electron chi connectivity index (χ0n) is 8.74. The number of halogens is 1. The van der Waals surface area contributed by atoms with E-state index in [1.165, 1.54) is 25.3 Å². The number of ether oxygens (including phenoxy) is 1. The fraction of sp³-hybridized carbons (Fsp3) is 0.333. The lowest BCUT2D eigenvalue weighted by molar-refractivity contribution is 0.164. The molecule has 0 bridgehead atoms. The Hall–Kier alpha value is -1.35. The normalized spacial score (nSPS) is 12.2. The van der Waals surface area contributed by atoms with Crippen LogP contribution in [0.1, 0.15) is 24.5 Å². The van der Waals surface area contributed by atoms with Crippen molar-refractivity contribution in [2.24, 2.45) is 0 Å². The van der Waals surface area contributed by atoms with Crippen molar-refractivity contribution in [3.63, 3.8) is 0 Å². The van der Waals surface area contributed by atoms with Crippen LogP contribution >= 0.6 is 0 Å². The maximum Gasteiger partial charge on any atom is 0.124 e. The molecule has 0 aliphatic heterocycles. The Kier molecular flexibility index (Phi) is 4.31. The first kappa shape index (κ1) is 11.7. The minimum Gasteiger partial charge on any atom is -0.496 e. The number of rotatable bonds is 5. The second-order valence-corrected chi connectivity index (χ2v) is 3.27. The lowest BCUT2D eigenvalue weighted by Crippen LogP contribution is -2.01. The zero-order chi connectivity index (χ0) is 11.3. The van der Waals surface area contributed by atoms with Gasteiger partial charge in [-0.2, -0.15) is 0 Å². The molecule has 1 aromatic rings. The molecule has 0 aliphatic rings. The largest absolute Gasteiger partial charge is 0.496 e. The van der Waals surface area contributed by atoms with E-state index in [0.717, 1.165) is 0 Å². The number of hydrogen-bond acceptors (Lipinski definition) is 2. The van der Waals surface area contributed by atoms with Gasteiger partial charge in [-0.15, -0.1) is 6.58 Å². The molecule has 2 nitrogen and oxygen atoms in total. The first-order valence-corrected chi connectivity index (χ1v) is 4.81. The highest BCUT2D eigenvalue weighted by atomic mass is 19.1. The molecule has 0 aliphatic carbocycles. The number of aliphatic hydroxyl groups excluding tert-OH is 1. The molecule has 0 saturated heterocycles. The monoisotopic (exact) mass is 210 g/mol. The van der Waals surface area contributed by atoms with Crippen molar-refractivity contribution in [2.45, 2.75) is 18.9 Å². The summed E-state index contributed by atoms with van der Waals surface area (Å²) in [5, 5.41) is 9.79. The average molecular weight is 210 g/mol. The van der Waals surface area contributed by atoms with Crippen molar-refractivity contribution >= 4 is 0 Å². The summed E-state index contributed by atoms with van der Waals surface area (Å²) in [6, 6.07) is 4.12. The standard InChI is InChI=1S/C12H15FO2/c1-3-4-5-11(14)10-8-9(13)6-7-12(10)15-2/h3,6-8,11,14H,1,4-5H2,2H3. The molecule has 0 fully saturated rings. The van der Waals surface area contributed by atoms with E-state index in [-0.39, 0.29) is 5.82 Å². The SMILES string of the molecule is C=CCCC(O)c1cc(F)ccc1OC. The van der Waals surface area contributed by atoms with Crippen molar-refractivity contribution in [1.82, 2.24) is 0 Å². The summed E-state index contributed by atoms with van der Waals surface area (Å²) in [5.74, 6) is 0.136. The molecular weight excluding hydrogens is 195 g/mol. The van der Waals surface area contributed by atoms with Gasteiger partial charge in [0.15, 0.2) is 0 Å². The van der Waals surface area contributed by atoms with Crippen LogP contribution in [0.3, 0.4) is 0 Å². The third-order valence-corrected chi connectivity index (χ3v) is 2.19. The molecule has 0 aromatic heterocycles. The predicted octanol–water partition coefficient (Wildman–Crippen LogP) is 2.83. The summed E-state index contributed by atoms with van der Waals surface area (Å²) in [7, 11) is 1.50. The smallest absolute Gasteiger partial charge is 0.124 e. The topological polar surface area (TPSA) is 29.5 Å². The number of hydrogen-bond donors (Lipinski definition) is 1. The molecule has 1 atom stereocenters. The highest BCUT2D eigenvalue weighted by Crippen LogP contribution is 2.28. The van der Waals surface area contributed by atoms with Gasteiger partial charge in [-0.1, -0.05) is 6.08 Å². The number of methoxy groups -OCH3 is 1. The van der Waals surface area contributed by atoms with E-state index >= 15 is 0 Å². The van der Waals surface area contributed by atoms with Gasteiger partial charge in [0.25, 0.3) is 0 Å². The maximum absolute atomic E-state index is 13.0. The summed E-state index contributed by atoms with van der Waals surface area (Å²) >= 11 is 0. The molecule has 3 heteroatoms. The Morgan fingerprint density at radius 1 is 1.60 bits per heavy atom. The van der Waals surface area contributed by atoms with Gasteiger partial charge in [0.2, 0.25) is 0 Å². The molecule has 0 heterocycles. The second kappa shape index (κ2) is 5.51. The predicted molar refractivity (Wildman–Crippen MR) is 57.3 cm³/mol. The molecule has 1 unspecified atom stereocenters. The van der Waals surface area contributed by atoms with Gasteiger partial charge >= 0.3 is 0 Å². The minimum atomic E-state index is -0.714. The Morgan fingerprint density at radius 3 is 2.93 bits per heavy atom. The Morgan fingerprint density at radius 2 is 2.33 bits per heavy atom. The van der Waals surface area contributed by atoms with Gasteiger partial charge in [-0.25, -0.2) is 4.39 Å². The molecule has 0 amide bonds. The summed E-state index contributed by atoms with van der Waals surface area (Å²) in [6.07, 6.45) is 2.20. The molecule has 82 valence electrons. The fourth-order valence-corrected chi connectivity index (χ4v) is 1.40. The summed E-state index contributed by atoms with van der Waals surface area (Å²) in [6.45, 7) is 3.57. The van der Waals surface area contributed by atoms with E-state index in [1.807, 2.05) is 0 Å². The van der Waals surface area contributed by atoms with Crippen LogP contribution in [0, 0.1) is 5.82 Å². The van der Waals surface area contributed by atoms with Crippen LogP contribution in [0.5, 0.6) is 5.75 Å². The Balaban J connectivity index is 2.89. The van der Waals surface area contributed by atoms with Crippen LogP contribution in [0.15, 0.2) is 30.9 Å². The second-order valence-electron chi connectivity index (χ2n) is 3.27. The number of allylic oxidation sites excluding steroid dienone is 1. The molecule has 1 rings (SSSR count). The molecule has 1 aromatic carbocycles. The summed E-state index contributed by atoms with van der Waals surface area (Å²) in [4.78, 5) is 0. The third kappa shape index (κ3) is 3.06. The van der Waals surface area contributed by atoms with Gasteiger partial charge in [-0.05, 0) is 31.0 Å². The first-order chi connectivity index (χ1) is 7.19. The third-order valence-electron chi connectivity index (χ3n) is 2.19. The van der Waals surface area contributed by atoms with Gasteiger partial charge in [0.05, 0.1) is 13.2 Å². The average Bonchev–Trinajstić information content (AvgIpc) is 2.25. The van der Waals surface area contributed by atoms with Crippen LogP contribution in [0.25, 0.3) is 0 Å². The van der Waals surface area contributed by atoms with E-state index < -0.39 is 6.10 Å². The molecule has 15 heavy (non-hydrogen) atoms. The Bertz CT molecular complexity index is 336. The number of benzene rings is 1. The minimum absolute atomic E-state index is 0.372. The molecular formula is C12H15FO2. The van der Waals surface area contributed by atoms with Crippen molar-refractivity contribution in [3.05, 3.63) is 42.2 Å². The van der Waals surface area contributed by atoms with Crippen molar-refractivity contribution in [3.8, 4) is 5.75 Å². The van der Waals surface area contributed by atoms with E-state index in [2.05, 4.69) is 6.58 Å². The number of aliphatic hydroxyl groups is 1. The Labute approximate surface area is 89.0 Å². The van der Waals surface area contributed by atoms with E-state index in [9.17, 15) is 9.50 Å². The lowest BCUT2D eigenvalue weighted by atomic mass is 10.0. The molecule has 0 radical (unpaired) electrons. The maximum atomic E-state index is 13.0. The quantitative estimate of drug-likeness (QED) is 0.757. The van der Waals surface area contributed by atoms with Crippen molar-refractivity contribution in [2.75, 3.05) is 7.11 Å².